The van der Waals surface area contributed by atoms with Crippen LogP contribution < -0.4 is 0 Å². The van der Waals surface area contributed by atoms with Crippen molar-refractivity contribution in [1.82, 2.24) is 9.78 Å². The normalized spacial score (nSPS) is 17.3. The van der Waals surface area contributed by atoms with Crippen molar-refractivity contribution in [2.24, 2.45) is 0 Å². The van der Waals surface area contributed by atoms with Gasteiger partial charge in [-0.05, 0) is 25.8 Å². The number of carbonyl (C=O) groups is 1. The smallest absolute Gasteiger partial charge is 0.358 e. The SMILES string of the molecule is CCOC(=O)c1ccn(C2CCOCC2)n1. The molecule has 1 aromatic rings. The first-order chi connectivity index (χ1) is 7.81. The predicted octanol–water partition coefficient (Wildman–Crippen LogP) is 1.41. The maximum Gasteiger partial charge on any atom is 0.358 e. The third kappa shape index (κ3) is 2.41. The van der Waals surface area contributed by atoms with Gasteiger partial charge in [0.25, 0.3) is 0 Å². The second-order valence-corrected chi connectivity index (χ2v) is 3.75. The van der Waals surface area contributed by atoms with Crippen molar-refractivity contribution >= 4 is 5.97 Å². The lowest BCUT2D eigenvalue weighted by Gasteiger charge is -2.22. The Kier molecular flexibility index (Phi) is 3.56. The molecule has 0 amide bonds. The molecule has 0 spiro atoms. The van der Waals surface area contributed by atoms with Crippen LogP contribution >= 0.6 is 0 Å². The lowest BCUT2D eigenvalue weighted by atomic mass is 10.1. The summed E-state index contributed by atoms with van der Waals surface area (Å²) in [7, 11) is 0. The van der Waals surface area contributed by atoms with Gasteiger partial charge >= 0.3 is 5.97 Å². The van der Waals surface area contributed by atoms with Crippen molar-refractivity contribution in [2.75, 3.05) is 19.8 Å². The molecule has 0 unspecified atom stereocenters. The zero-order chi connectivity index (χ0) is 11.4. The van der Waals surface area contributed by atoms with Crippen molar-refractivity contribution in [2.45, 2.75) is 25.8 Å². The fourth-order valence-electron chi connectivity index (χ4n) is 1.80. The molecule has 0 N–H and O–H groups in total. The average Bonchev–Trinajstić information content (AvgIpc) is 2.80. The van der Waals surface area contributed by atoms with Gasteiger partial charge < -0.3 is 9.47 Å². The fraction of sp³-hybridized carbons (Fsp3) is 0.636. The van der Waals surface area contributed by atoms with E-state index < -0.39 is 0 Å². The summed E-state index contributed by atoms with van der Waals surface area (Å²) < 4.78 is 12.0. The van der Waals surface area contributed by atoms with Gasteiger partial charge in [-0.25, -0.2) is 4.79 Å². The molecule has 1 aromatic heterocycles. The topological polar surface area (TPSA) is 53.4 Å². The summed E-state index contributed by atoms with van der Waals surface area (Å²) in [4.78, 5) is 11.4. The lowest BCUT2D eigenvalue weighted by molar-refractivity contribution is 0.0513. The van der Waals surface area contributed by atoms with E-state index in [2.05, 4.69) is 5.10 Å². The van der Waals surface area contributed by atoms with Crippen molar-refractivity contribution in [3.8, 4) is 0 Å². The molecule has 2 rings (SSSR count). The molecular formula is C11H16N2O3. The Morgan fingerprint density at radius 2 is 2.38 bits per heavy atom. The summed E-state index contributed by atoms with van der Waals surface area (Å²) in [5.74, 6) is -0.353. The summed E-state index contributed by atoms with van der Waals surface area (Å²) in [5, 5.41) is 4.24. The van der Waals surface area contributed by atoms with Crippen LogP contribution in [0, 0.1) is 0 Å². The van der Waals surface area contributed by atoms with Gasteiger partial charge in [-0.3, -0.25) is 4.68 Å². The molecule has 1 fully saturated rings. The minimum atomic E-state index is -0.353. The molecule has 5 nitrogen and oxygen atoms in total. The minimum Gasteiger partial charge on any atom is -0.461 e. The third-order valence-corrected chi connectivity index (χ3v) is 2.66. The molecule has 1 saturated heterocycles. The third-order valence-electron chi connectivity index (χ3n) is 2.66. The number of ether oxygens (including phenoxy) is 2. The molecule has 5 heteroatoms. The first kappa shape index (κ1) is 11.1. The van der Waals surface area contributed by atoms with Crippen molar-refractivity contribution < 1.29 is 14.3 Å². The van der Waals surface area contributed by atoms with Crippen LogP contribution in [0.4, 0.5) is 0 Å². The van der Waals surface area contributed by atoms with Crippen molar-refractivity contribution in [1.29, 1.82) is 0 Å². The molecule has 0 radical (unpaired) electrons. The van der Waals surface area contributed by atoms with Crippen molar-refractivity contribution in [3.63, 3.8) is 0 Å². The number of rotatable bonds is 3. The first-order valence-electron chi connectivity index (χ1n) is 5.61. The zero-order valence-electron chi connectivity index (χ0n) is 9.39. The van der Waals surface area contributed by atoms with Crippen LogP contribution in [0.15, 0.2) is 12.3 Å². The van der Waals surface area contributed by atoms with Crippen LogP contribution in [0.25, 0.3) is 0 Å². The predicted molar refractivity (Wildman–Crippen MR) is 57.3 cm³/mol. The molecule has 2 heterocycles. The summed E-state index contributed by atoms with van der Waals surface area (Å²) in [5.41, 5.74) is 0.383. The summed E-state index contributed by atoms with van der Waals surface area (Å²) in [6, 6.07) is 2.05. The van der Waals surface area contributed by atoms with Crippen LogP contribution in [-0.4, -0.2) is 35.6 Å². The molecular weight excluding hydrogens is 208 g/mol. The number of hydrogen-bond acceptors (Lipinski definition) is 4. The highest BCUT2D eigenvalue weighted by Gasteiger charge is 2.18. The summed E-state index contributed by atoms with van der Waals surface area (Å²) >= 11 is 0. The van der Waals surface area contributed by atoms with E-state index in [-0.39, 0.29) is 5.97 Å². The standard InChI is InChI=1S/C11H16N2O3/c1-2-16-11(14)10-3-6-13(12-10)9-4-7-15-8-5-9/h3,6,9H,2,4-5,7-8H2,1H3. The van der Waals surface area contributed by atoms with Crippen molar-refractivity contribution in [3.05, 3.63) is 18.0 Å². The van der Waals surface area contributed by atoms with E-state index in [1.807, 2.05) is 10.9 Å². The Bertz CT molecular complexity index is 356. The molecule has 0 bridgehead atoms. The van der Waals surface area contributed by atoms with Crippen LogP contribution in [0.1, 0.15) is 36.3 Å². The largest absolute Gasteiger partial charge is 0.461 e. The highest BCUT2D eigenvalue weighted by Crippen LogP contribution is 2.19. The average molecular weight is 224 g/mol. The Hall–Kier alpha value is -1.36. The Labute approximate surface area is 94.3 Å². The maximum atomic E-state index is 11.4. The van der Waals surface area contributed by atoms with Gasteiger partial charge in [-0.15, -0.1) is 0 Å². The Morgan fingerprint density at radius 1 is 1.62 bits per heavy atom. The van der Waals surface area contributed by atoms with E-state index in [9.17, 15) is 4.79 Å². The van der Waals surface area contributed by atoms with E-state index in [4.69, 9.17) is 9.47 Å². The quantitative estimate of drug-likeness (QED) is 0.728. The number of carbonyl (C=O) groups excluding carboxylic acids is 1. The van der Waals surface area contributed by atoms with Crippen LogP contribution in [0.3, 0.4) is 0 Å². The maximum absolute atomic E-state index is 11.4. The number of hydrogen-bond donors (Lipinski definition) is 0. The second kappa shape index (κ2) is 5.12. The molecule has 0 aliphatic carbocycles. The summed E-state index contributed by atoms with van der Waals surface area (Å²) in [6.45, 7) is 3.69. The molecule has 1 aliphatic rings. The van der Waals surface area contributed by atoms with Gasteiger partial charge in [0.15, 0.2) is 5.69 Å². The molecule has 16 heavy (non-hydrogen) atoms. The second-order valence-electron chi connectivity index (χ2n) is 3.75. The highest BCUT2D eigenvalue weighted by molar-refractivity contribution is 5.86. The van der Waals surface area contributed by atoms with Gasteiger partial charge in [-0.2, -0.15) is 5.10 Å². The monoisotopic (exact) mass is 224 g/mol. The summed E-state index contributed by atoms with van der Waals surface area (Å²) in [6.07, 6.45) is 3.73. The molecule has 88 valence electrons. The van der Waals surface area contributed by atoms with Gasteiger partial charge in [0.2, 0.25) is 0 Å². The number of esters is 1. The van der Waals surface area contributed by atoms with Crippen LogP contribution in [-0.2, 0) is 9.47 Å². The minimum absolute atomic E-state index is 0.344. The fourth-order valence-corrected chi connectivity index (χ4v) is 1.80. The van der Waals surface area contributed by atoms with Gasteiger partial charge in [0, 0.05) is 19.4 Å². The number of aromatic nitrogens is 2. The first-order valence-corrected chi connectivity index (χ1v) is 5.61. The lowest BCUT2D eigenvalue weighted by Crippen LogP contribution is -2.20. The van der Waals surface area contributed by atoms with Crippen LogP contribution in [0.2, 0.25) is 0 Å². The number of nitrogens with zero attached hydrogens (tertiary/aromatic N) is 2. The van der Waals surface area contributed by atoms with E-state index >= 15 is 0 Å². The van der Waals surface area contributed by atoms with Gasteiger partial charge in [0.05, 0.1) is 12.6 Å². The molecule has 0 saturated carbocycles. The highest BCUT2D eigenvalue weighted by atomic mass is 16.5. The van der Waals surface area contributed by atoms with E-state index in [1.54, 1.807) is 13.0 Å². The molecule has 0 atom stereocenters. The Morgan fingerprint density at radius 3 is 3.06 bits per heavy atom. The zero-order valence-corrected chi connectivity index (χ0v) is 9.39. The van der Waals surface area contributed by atoms with Crippen LogP contribution in [0.5, 0.6) is 0 Å². The van der Waals surface area contributed by atoms with E-state index in [1.165, 1.54) is 0 Å². The van der Waals surface area contributed by atoms with E-state index in [0.29, 0.717) is 18.3 Å². The molecule has 0 aromatic carbocycles. The van der Waals surface area contributed by atoms with E-state index in [0.717, 1.165) is 26.1 Å². The Balaban J connectivity index is 2.03. The van der Waals surface area contributed by atoms with Gasteiger partial charge in [0.1, 0.15) is 0 Å². The van der Waals surface area contributed by atoms with Gasteiger partial charge in [-0.1, -0.05) is 0 Å². The molecule has 1 aliphatic heterocycles.